The quantitative estimate of drug-likeness (QED) is 0.649. The topological polar surface area (TPSA) is 72.6 Å². The summed E-state index contributed by atoms with van der Waals surface area (Å²) in [6.07, 6.45) is -0.635. The third-order valence-electron chi connectivity index (χ3n) is 2.75. The first kappa shape index (κ1) is 14.4. The molecule has 1 aromatic carbocycles. The van der Waals surface area contributed by atoms with Crippen molar-refractivity contribution in [1.29, 1.82) is 0 Å². The number of ether oxygens (including phenoxy) is 1. The van der Waals surface area contributed by atoms with Crippen molar-refractivity contribution < 1.29 is 19.2 Å². The van der Waals surface area contributed by atoms with Gasteiger partial charge in [-0.3, -0.25) is 10.1 Å². The number of nitro groups is 1. The number of benzene rings is 1. The van der Waals surface area contributed by atoms with Gasteiger partial charge in [0, 0.05) is 12.0 Å². The van der Waals surface area contributed by atoms with E-state index in [4.69, 9.17) is 4.74 Å². The minimum atomic E-state index is -0.785. The van der Waals surface area contributed by atoms with Crippen LogP contribution in [0.1, 0.15) is 19.4 Å². The Morgan fingerprint density at radius 2 is 2.11 bits per heavy atom. The average molecular weight is 257 g/mol. The number of halogens is 1. The zero-order chi connectivity index (χ0) is 13.9. The summed E-state index contributed by atoms with van der Waals surface area (Å²) in [6.45, 7) is 3.61. The van der Waals surface area contributed by atoms with Crippen LogP contribution in [0.4, 0.5) is 10.1 Å². The summed E-state index contributed by atoms with van der Waals surface area (Å²) in [7, 11) is 1.28. The van der Waals surface area contributed by atoms with Crippen molar-refractivity contribution in [1.82, 2.24) is 0 Å². The first-order valence-electron chi connectivity index (χ1n) is 5.55. The number of hydrogen-bond acceptors (Lipinski definition) is 4. The molecule has 1 atom stereocenters. The smallest absolute Gasteiger partial charge is 0.275 e. The molecule has 0 amide bonds. The number of methoxy groups -OCH3 is 1. The van der Waals surface area contributed by atoms with Crippen molar-refractivity contribution in [3.63, 3.8) is 0 Å². The van der Waals surface area contributed by atoms with Crippen LogP contribution in [-0.4, -0.2) is 23.2 Å². The molecule has 0 fully saturated rings. The van der Waals surface area contributed by atoms with Crippen LogP contribution in [0.3, 0.4) is 0 Å². The molecule has 5 nitrogen and oxygen atoms in total. The van der Waals surface area contributed by atoms with E-state index in [1.54, 1.807) is 13.8 Å². The van der Waals surface area contributed by atoms with Gasteiger partial charge in [0.2, 0.25) is 0 Å². The minimum Gasteiger partial charge on any atom is -0.494 e. The van der Waals surface area contributed by atoms with E-state index < -0.39 is 16.8 Å². The van der Waals surface area contributed by atoms with Crippen molar-refractivity contribution in [3.8, 4) is 5.75 Å². The zero-order valence-corrected chi connectivity index (χ0v) is 10.5. The highest BCUT2D eigenvalue weighted by Crippen LogP contribution is 2.29. The molecule has 0 aliphatic rings. The summed E-state index contributed by atoms with van der Waals surface area (Å²) in [5.74, 6) is -0.890. The molecule has 6 heteroatoms. The number of aliphatic hydroxyl groups excluding tert-OH is 1. The van der Waals surface area contributed by atoms with Crippen LogP contribution in [0.15, 0.2) is 12.1 Å². The molecular weight excluding hydrogens is 241 g/mol. The van der Waals surface area contributed by atoms with E-state index in [1.807, 2.05) is 0 Å². The van der Waals surface area contributed by atoms with Crippen LogP contribution in [-0.2, 0) is 6.42 Å². The summed E-state index contributed by atoms with van der Waals surface area (Å²) < 4.78 is 18.2. The molecule has 0 saturated heterocycles. The molecule has 1 unspecified atom stereocenters. The van der Waals surface area contributed by atoms with Gasteiger partial charge in [0.25, 0.3) is 5.69 Å². The highest BCUT2D eigenvalue weighted by molar-refractivity contribution is 5.46. The van der Waals surface area contributed by atoms with Crippen LogP contribution in [0, 0.1) is 21.8 Å². The van der Waals surface area contributed by atoms with Crippen LogP contribution in [0.25, 0.3) is 0 Å². The monoisotopic (exact) mass is 257 g/mol. The fourth-order valence-electron chi connectivity index (χ4n) is 1.54. The Morgan fingerprint density at radius 3 is 2.56 bits per heavy atom. The number of nitro benzene ring substituents is 1. The van der Waals surface area contributed by atoms with Gasteiger partial charge in [0.1, 0.15) is 0 Å². The normalized spacial score (nSPS) is 12.6. The summed E-state index contributed by atoms with van der Waals surface area (Å²) in [5, 5.41) is 20.6. The minimum absolute atomic E-state index is 0.0411. The second-order valence-corrected chi connectivity index (χ2v) is 4.39. The van der Waals surface area contributed by atoms with Gasteiger partial charge in [-0.2, -0.15) is 0 Å². The first-order valence-corrected chi connectivity index (χ1v) is 5.55. The Bertz CT molecular complexity index is 448. The third-order valence-corrected chi connectivity index (χ3v) is 2.75. The van der Waals surface area contributed by atoms with Crippen molar-refractivity contribution in [2.24, 2.45) is 5.92 Å². The van der Waals surface area contributed by atoms with E-state index in [2.05, 4.69) is 0 Å². The molecule has 0 radical (unpaired) electrons. The van der Waals surface area contributed by atoms with Gasteiger partial charge in [-0.25, -0.2) is 4.39 Å². The Kier molecular flexibility index (Phi) is 4.61. The van der Waals surface area contributed by atoms with Crippen LogP contribution in [0.2, 0.25) is 0 Å². The lowest BCUT2D eigenvalue weighted by atomic mass is 9.98. The van der Waals surface area contributed by atoms with E-state index in [-0.39, 0.29) is 29.3 Å². The molecule has 1 N–H and O–H groups in total. The predicted octanol–water partition coefficient (Wildman–Crippen LogP) is 2.30. The number of nitrogens with zero attached hydrogens (tertiary/aromatic N) is 1. The molecule has 0 aliphatic heterocycles. The second kappa shape index (κ2) is 5.77. The van der Waals surface area contributed by atoms with Gasteiger partial charge >= 0.3 is 0 Å². The second-order valence-electron chi connectivity index (χ2n) is 4.39. The standard InChI is InChI=1S/C12H16FNO4/c1-7(2)11(15)4-8-5-12(18-3)9(13)6-10(8)14(16)17/h5-7,11,15H,4H2,1-3H3. The summed E-state index contributed by atoms with van der Waals surface area (Å²) in [6, 6.07) is 2.08. The first-order chi connectivity index (χ1) is 8.36. The van der Waals surface area contributed by atoms with Gasteiger partial charge in [0.15, 0.2) is 11.6 Å². The van der Waals surface area contributed by atoms with Gasteiger partial charge in [0.05, 0.1) is 24.2 Å². The molecule has 0 spiro atoms. The van der Waals surface area contributed by atoms with E-state index in [0.717, 1.165) is 6.07 Å². The van der Waals surface area contributed by atoms with E-state index in [9.17, 15) is 19.6 Å². The largest absolute Gasteiger partial charge is 0.494 e. The maximum atomic E-state index is 13.4. The molecule has 18 heavy (non-hydrogen) atoms. The van der Waals surface area contributed by atoms with Gasteiger partial charge in [-0.05, 0) is 12.0 Å². The molecule has 0 aliphatic carbocycles. The van der Waals surface area contributed by atoms with Crippen molar-refractivity contribution in [2.45, 2.75) is 26.4 Å². The Morgan fingerprint density at radius 1 is 1.50 bits per heavy atom. The van der Waals surface area contributed by atoms with E-state index in [1.165, 1.54) is 13.2 Å². The molecule has 100 valence electrons. The Labute approximate surface area is 104 Å². The lowest BCUT2D eigenvalue weighted by molar-refractivity contribution is -0.385. The van der Waals surface area contributed by atoms with Crippen molar-refractivity contribution >= 4 is 5.69 Å². The molecule has 1 aromatic rings. The van der Waals surface area contributed by atoms with Gasteiger partial charge in [-0.1, -0.05) is 13.8 Å². The number of aliphatic hydroxyl groups is 1. The van der Waals surface area contributed by atoms with Crippen LogP contribution >= 0.6 is 0 Å². The van der Waals surface area contributed by atoms with E-state index >= 15 is 0 Å². The third kappa shape index (κ3) is 3.16. The highest BCUT2D eigenvalue weighted by atomic mass is 19.1. The molecule has 0 saturated carbocycles. The SMILES string of the molecule is COc1cc(CC(O)C(C)C)c([N+](=O)[O-])cc1F. The summed E-state index contributed by atoms with van der Waals surface area (Å²) >= 11 is 0. The number of hydrogen-bond donors (Lipinski definition) is 1. The highest BCUT2D eigenvalue weighted by Gasteiger charge is 2.22. The molecule has 1 rings (SSSR count). The summed E-state index contributed by atoms with van der Waals surface area (Å²) in [5.41, 5.74) is -0.0764. The van der Waals surface area contributed by atoms with Crippen molar-refractivity contribution in [3.05, 3.63) is 33.6 Å². The fourth-order valence-corrected chi connectivity index (χ4v) is 1.54. The van der Waals surface area contributed by atoms with Gasteiger partial charge in [-0.15, -0.1) is 0 Å². The maximum Gasteiger partial charge on any atom is 0.275 e. The predicted molar refractivity (Wildman–Crippen MR) is 64.2 cm³/mol. The Hall–Kier alpha value is -1.69. The van der Waals surface area contributed by atoms with Crippen molar-refractivity contribution in [2.75, 3.05) is 7.11 Å². The molecule has 0 heterocycles. The lowest BCUT2D eigenvalue weighted by Gasteiger charge is -2.15. The van der Waals surface area contributed by atoms with E-state index in [0.29, 0.717) is 0 Å². The van der Waals surface area contributed by atoms with Gasteiger partial charge < -0.3 is 9.84 Å². The lowest BCUT2D eigenvalue weighted by Crippen LogP contribution is -2.18. The summed E-state index contributed by atoms with van der Waals surface area (Å²) in [4.78, 5) is 10.2. The zero-order valence-electron chi connectivity index (χ0n) is 10.5. The van der Waals surface area contributed by atoms with Crippen LogP contribution in [0.5, 0.6) is 5.75 Å². The molecule has 0 bridgehead atoms. The fraction of sp³-hybridized carbons (Fsp3) is 0.500. The Balaban J connectivity index is 3.18. The van der Waals surface area contributed by atoms with Crippen LogP contribution < -0.4 is 4.74 Å². The maximum absolute atomic E-state index is 13.4. The average Bonchev–Trinajstić information content (AvgIpc) is 2.30. The number of rotatable bonds is 5. The molecular formula is C12H16FNO4. The molecule has 0 aromatic heterocycles.